The first-order chi connectivity index (χ1) is 20.0. The zero-order chi connectivity index (χ0) is 30.0. The highest BCUT2D eigenvalue weighted by Crippen LogP contribution is 2.52. The lowest BCUT2D eigenvalue weighted by Crippen LogP contribution is -2.30. The minimum absolute atomic E-state index is 0.0737. The van der Waals surface area contributed by atoms with E-state index in [1.165, 1.54) is 30.3 Å². The van der Waals surface area contributed by atoms with Crippen LogP contribution in [0, 0.1) is 0 Å². The molecule has 1 aromatic heterocycles. The Hall–Kier alpha value is -6.04. The number of ketones is 1. The van der Waals surface area contributed by atoms with Gasteiger partial charge < -0.3 is 50.0 Å². The van der Waals surface area contributed by atoms with Crippen molar-refractivity contribution in [3.63, 3.8) is 0 Å². The molecule has 0 fully saturated rings. The zero-order valence-electron chi connectivity index (χ0n) is 21.1. The molecule has 0 amide bonds. The third-order valence-electron chi connectivity index (χ3n) is 7.06. The van der Waals surface area contributed by atoms with Gasteiger partial charge in [0.05, 0.1) is 11.5 Å². The molecule has 42 heavy (non-hydrogen) atoms. The van der Waals surface area contributed by atoms with Gasteiger partial charge in [0.2, 0.25) is 11.2 Å². The normalized spacial score (nSPS) is 16.2. The molecule has 12 nitrogen and oxygen atoms in total. The van der Waals surface area contributed by atoms with E-state index in [2.05, 4.69) is 0 Å². The molecule has 2 atom stereocenters. The topological polar surface area (TPSA) is 218 Å². The van der Waals surface area contributed by atoms with E-state index in [1.54, 1.807) is 0 Å². The Labute approximate surface area is 234 Å². The summed E-state index contributed by atoms with van der Waals surface area (Å²) < 4.78 is 11.9. The van der Waals surface area contributed by atoms with Gasteiger partial charge >= 0.3 is 0 Å². The van der Waals surface area contributed by atoms with Crippen molar-refractivity contribution in [3.05, 3.63) is 87.6 Å². The fourth-order valence-electron chi connectivity index (χ4n) is 5.14. The van der Waals surface area contributed by atoms with Crippen LogP contribution in [-0.2, 0) is 0 Å². The van der Waals surface area contributed by atoms with Gasteiger partial charge in [-0.3, -0.25) is 9.59 Å². The Morgan fingerprint density at radius 1 is 0.643 bits per heavy atom. The molecule has 0 saturated heterocycles. The number of fused-ring (bicyclic) bond motifs is 2. The van der Waals surface area contributed by atoms with E-state index in [1.807, 2.05) is 0 Å². The number of aromatic hydroxyl groups is 8. The second kappa shape index (κ2) is 9.27. The standard InChI is InChI=1S/C30H20O12/c31-13-4-1-11(2-5-13)28-24(25(38)21-17(35)8-14(32)9-20(21)41-28)22-18(36)10-19(37)23-26(39)27(40)29(42-30(22)23)12-3-6-15(33)16(34)7-12/h1-10,24,28,31-37,40H/t24-,28+/m1/s1. The van der Waals surface area contributed by atoms with Crippen molar-refractivity contribution in [2.45, 2.75) is 12.0 Å². The molecule has 1 aliphatic heterocycles. The molecule has 6 rings (SSSR count). The highest BCUT2D eigenvalue weighted by atomic mass is 16.5. The molecule has 0 saturated carbocycles. The number of hydrogen-bond acceptors (Lipinski definition) is 12. The van der Waals surface area contributed by atoms with Gasteiger partial charge in [0.1, 0.15) is 51.6 Å². The summed E-state index contributed by atoms with van der Waals surface area (Å²) >= 11 is 0. The Balaban J connectivity index is 1.69. The van der Waals surface area contributed by atoms with Gasteiger partial charge in [-0.25, -0.2) is 0 Å². The number of rotatable bonds is 3. The van der Waals surface area contributed by atoms with Gasteiger partial charge in [-0.05, 0) is 35.9 Å². The average Bonchev–Trinajstić information content (AvgIpc) is 2.92. The summed E-state index contributed by atoms with van der Waals surface area (Å²) in [6, 6.07) is 11.6. The van der Waals surface area contributed by atoms with Crippen molar-refractivity contribution in [2.24, 2.45) is 0 Å². The largest absolute Gasteiger partial charge is 0.508 e. The van der Waals surface area contributed by atoms with Gasteiger partial charge in [0, 0.05) is 23.8 Å². The number of Topliss-reactive ketones (excluding diaryl/α,β-unsaturated/α-hetero) is 1. The second-order valence-corrected chi connectivity index (χ2v) is 9.65. The molecule has 5 aromatic rings. The van der Waals surface area contributed by atoms with Crippen molar-refractivity contribution in [1.29, 1.82) is 0 Å². The third kappa shape index (κ3) is 3.92. The van der Waals surface area contributed by atoms with E-state index in [0.29, 0.717) is 5.56 Å². The molecule has 12 heteroatoms. The number of carbonyl (C=O) groups excluding carboxylic acids is 1. The van der Waals surface area contributed by atoms with Crippen LogP contribution in [0.3, 0.4) is 0 Å². The van der Waals surface area contributed by atoms with Gasteiger partial charge in [-0.2, -0.15) is 0 Å². The number of phenolic OH excluding ortho intramolecular Hbond substituents is 7. The number of benzene rings is 4. The van der Waals surface area contributed by atoms with Crippen LogP contribution < -0.4 is 10.2 Å². The maximum atomic E-state index is 14.1. The van der Waals surface area contributed by atoms with Crippen LogP contribution in [0.15, 0.2) is 69.9 Å². The van der Waals surface area contributed by atoms with Crippen LogP contribution in [0.25, 0.3) is 22.3 Å². The lowest BCUT2D eigenvalue weighted by molar-refractivity contribution is 0.0772. The first-order valence-electron chi connectivity index (χ1n) is 12.3. The fraction of sp³-hybridized carbons (Fsp3) is 0.0667. The van der Waals surface area contributed by atoms with Crippen LogP contribution in [0.2, 0.25) is 0 Å². The molecule has 4 aromatic carbocycles. The summed E-state index contributed by atoms with van der Waals surface area (Å²) in [4.78, 5) is 27.4. The van der Waals surface area contributed by atoms with E-state index in [9.17, 15) is 50.4 Å². The summed E-state index contributed by atoms with van der Waals surface area (Å²) in [7, 11) is 0. The van der Waals surface area contributed by atoms with Crippen LogP contribution in [0.5, 0.6) is 51.7 Å². The lowest BCUT2D eigenvalue weighted by Gasteiger charge is -2.34. The maximum absolute atomic E-state index is 14.1. The van der Waals surface area contributed by atoms with Crippen LogP contribution in [0.4, 0.5) is 0 Å². The minimum atomic E-state index is -1.56. The Morgan fingerprint density at radius 2 is 1.36 bits per heavy atom. The average molecular weight is 572 g/mol. The van der Waals surface area contributed by atoms with E-state index >= 15 is 0 Å². The quantitative estimate of drug-likeness (QED) is 0.143. The Bertz CT molecular complexity index is 1990. The predicted octanol–water partition coefficient (Wildman–Crippen LogP) is 4.21. The Morgan fingerprint density at radius 3 is 2.05 bits per heavy atom. The van der Waals surface area contributed by atoms with E-state index in [4.69, 9.17) is 9.15 Å². The molecule has 2 heterocycles. The van der Waals surface area contributed by atoms with E-state index < -0.39 is 80.2 Å². The number of carbonyl (C=O) groups is 1. The van der Waals surface area contributed by atoms with E-state index in [0.717, 1.165) is 30.3 Å². The molecule has 0 spiro atoms. The molecule has 1 aliphatic rings. The number of ether oxygens (including phenoxy) is 1. The van der Waals surface area contributed by atoms with Crippen LogP contribution >= 0.6 is 0 Å². The molecule has 0 radical (unpaired) electrons. The van der Waals surface area contributed by atoms with Gasteiger partial charge in [-0.15, -0.1) is 0 Å². The molecule has 212 valence electrons. The van der Waals surface area contributed by atoms with Crippen molar-refractivity contribution in [3.8, 4) is 63.1 Å². The van der Waals surface area contributed by atoms with Crippen molar-refractivity contribution in [2.75, 3.05) is 0 Å². The third-order valence-corrected chi connectivity index (χ3v) is 7.06. The highest BCUT2D eigenvalue weighted by molar-refractivity contribution is 6.09. The number of hydrogen-bond donors (Lipinski definition) is 8. The molecular weight excluding hydrogens is 552 g/mol. The predicted molar refractivity (Wildman–Crippen MR) is 145 cm³/mol. The van der Waals surface area contributed by atoms with Gasteiger partial charge in [-0.1, -0.05) is 12.1 Å². The summed E-state index contributed by atoms with van der Waals surface area (Å²) in [5, 5.41) is 82.0. The van der Waals surface area contributed by atoms with Crippen molar-refractivity contribution < 1.29 is 54.8 Å². The van der Waals surface area contributed by atoms with Crippen LogP contribution in [-0.4, -0.2) is 46.6 Å². The highest BCUT2D eigenvalue weighted by Gasteiger charge is 2.44. The minimum Gasteiger partial charge on any atom is -0.508 e. The Kier molecular flexibility index (Phi) is 5.78. The SMILES string of the molecule is O=C1c2c(O)cc(O)cc2O[C@@H](c2ccc(O)cc2)[C@@H]1c1c(O)cc(O)c2c(=O)c(O)c(-c3ccc(O)c(O)c3)oc12. The molecule has 8 N–H and O–H groups in total. The summed E-state index contributed by atoms with van der Waals surface area (Å²) in [5.41, 5.74) is -2.15. The number of phenols is 7. The fourth-order valence-corrected chi connectivity index (χ4v) is 5.14. The van der Waals surface area contributed by atoms with E-state index in [-0.39, 0.29) is 28.2 Å². The van der Waals surface area contributed by atoms with Gasteiger partial charge in [0.15, 0.2) is 28.6 Å². The molecule has 0 aliphatic carbocycles. The summed E-state index contributed by atoms with van der Waals surface area (Å²) in [6.07, 6.45) is -1.30. The summed E-state index contributed by atoms with van der Waals surface area (Å²) in [5.74, 6) is -7.79. The van der Waals surface area contributed by atoms with Gasteiger partial charge in [0.25, 0.3) is 0 Å². The lowest BCUT2D eigenvalue weighted by atomic mass is 9.79. The smallest absolute Gasteiger partial charge is 0.238 e. The second-order valence-electron chi connectivity index (χ2n) is 9.65. The monoisotopic (exact) mass is 572 g/mol. The van der Waals surface area contributed by atoms with Crippen molar-refractivity contribution in [1.82, 2.24) is 0 Å². The molecular formula is C30H20O12. The molecule has 0 unspecified atom stereocenters. The zero-order valence-corrected chi connectivity index (χ0v) is 21.1. The maximum Gasteiger partial charge on any atom is 0.238 e. The summed E-state index contributed by atoms with van der Waals surface area (Å²) in [6.45, 7) is 0. The van der Waals surface area contributed by atoms with Crippen molar-refractivity contribution >= 4 is 16.8 Å². The first kappa shape index (κ1) is 26.2. The first-order valence-corrected chi connectivity index (χ1v) is 12.3. The van der Waals surface area contributed by atoms with Crippen LogP contribution in [0.1, 0.15) is 33.5 Å². The molecule has 0 bridgehead atoms.